The van der Waals surface area contributed by atoms with Crippen LogP contribution in [-0.2, 0) is 4.79 Å². The van der Waals surface area contributed by atoms with Gasteiger partial charge in [-0.1, -0.05) is 19.3 Å². The molecule has 0 bridgehead atoms. The van der Waals surface area contributed by atoms with Gasteiger partial charge in [-0.05, 0) is 12.8 Å². The molecule has 0 spiro atoms. The molecular weight excluding hydrogens is 204 g/mol. The summed E-state index contributed by atoms with van der Waals surface area (Å²) in [7, 11) is 0. The number of nitrogens with zero attached hydrogens (tertiary/aromatic N) is 1. The third kappa shape index (κ3) is 3.19. The summed E-state index contributed by atoms with van der Waals surface area (Å²) in [6, 6.07) is 0.861. The third-order valence-electron chi connectivity index (χ3n) is 3.80. The summed E-state index contributed by atoms with van der Waals surface area (Å²) in [6.45, 7) is 2.94. The first-order chi connectivity index (χ1) is 7.75. The van der Waals surface area contributed by atoms with E-state index < -0.39 is 5.97 Å². The third-order valence-corrected chi connectivity index (χ3v) is 3.80. The van der Waals surface area contributed by atoms with Gasteiger partial charge in [0.15, 0.2) is 0 Å². The molecule has 0 aromatic rings. The summed E-state index contributed by atoms with van der Waals surface area (Å²) in [5.41, 5.74) is 0. The molecule has 1 saturated heterocycles. The van der Waals surface area contributed by atoms with Crippen LogP contribution in [0.1, 0.15) is 38.5 Å². The molecule has 2 rings (SSSR count). The van der Waals surface area contributed by atoms with Crippen LogP contribution in [0.5, 0.6) is 0 Å². The van der Waals surface area contributed by atoms with Gasteiger partial charge in [-0.3, -0.25) is 9.69 Å². The Balaban J connectivity index is 1.83. The Bertz CT molecular complexity index is 239. The van der Waals surface area contributed by atoms with Crippen molar-refractivity contribution in [1.82, 2.24) is 10.2 Å². The maximum atomic E-state index is 10.7. The van der Waals surface area contributed by atoms with Gasteiger partial charge in [0.2, 0.25) is 0 Å². The van der Waals surface area contributed by atoms with Crippen molar-refractivity contribution in [2.24, 2.45) is 0 Å². The highest BCUT2D eigenvalue weighted by atomic mass is 16.4. The van der Waals surface area contributed by atoms with E-state index in [9.17, 15) is 4.79 Å². The molecule has 2 fully saturated rings. The SMILES string of the molecule is O=C(O)CC1CN(C2CCCCC2)CCN1. The van der Waals surface area contributed by atoms with Crippen molar-refractivity contribution in [2.75, 3.05) is 19.6 Å². The van der Waals surface area contributed by atoms with Crippen LogP contribution in [0.15, 0.2) is 0 Å². The Labute approximate surface area is 97.0 Å². The second-order valence-electron chi connectivity index (χ2n) is 5.04. The fourth-order valence-electron chi connectivity index (χ4n) is 2.98. The first kappa shape index (κ1) is 11.9. The second-order valence-corrected chi connectivity index (χ2v) is 5.04. The summed E-state index contributed by atoms with van der Waals surface area (Å²) in [5.74, 6) is -0.692. The lowest BCUT2D eigenvalue weighted by Gasteiger charge is -2.40. The maximum Gasteiger partial charge on any atom is 0.304 e. The minimum Gasteiger partial charge on any atom is -0.481 e. The first-order valence-electron chi connectivity index (χ1n) is 6.45. The molecule has 1 saturated carbocycles. The quantitative estimate of drug-likeness (QED) is 0.756. The highest BCUT2D eigenvalue weighted by molar-refractivity contribution is 5.67. The molecule has 1 aliphatic carbocycles. The number of aliphatic carboxylic acids is 1. The molecule has 16 heavy (non-hydrogen) atoms. The summed E-state index contributed by atoms with van der Waals surface area (Å²) in [5, 5.41) is 12.1. The number of nitrogens with one attached hydrogen (secondary N) is 1. The van der Waals surface area contributed by atoms with Crippen LogP contribution in [-0.4, -0.2) is 47.7 Å². The summed E-state index contributed by atoms with van der Waals surface area (Å²) in [6.07, 6.45) is 6.93. The molecule has 1 aliphatic heterocycles. The van der Waals surface area contributed by atoms with E-state index >= 15 is 0 Å². The topological polar surface area (TPSA) is 52.6 Å². The predicted octanol–water partition coefficient (Wildman–Crippen LogP) is 1.07. The van der Waals surface area contributed by atoms with Crippen LogP contribution < -0.4 is 5.32 Å². The predicted molar refractivity (Wildman–Crippen MR) is 62.5 cm³/mol. The zero-order chi connectivity index (χ0) is 11.4. The van der Waals surface area contributed by atoms with E-state index in [1.807, 2.05) is 0 Å². The number of hydrogen-bond donors (Lipinski definition) is 2. The molecule has 2 N–H and O–H groups in total. The average molecular weight is 226 g/mol. The van der Waals surface area contributed by atoms with E-state index in [4.69, 9.17) is 5.11 Å². The molecule has 4 heteroatoms. The Morgan fingerprint density at radius 3 is 2.75 bits per heavy atom. The van der Waals surface area contributed by atoms with E-state index in [-0.39, 0.29) is 12.5 Å². The number of carboxylic acid groups (broad SMARTS) is 1. The lowest BCUT2D eigenvalue weighted by Crippen LogP contribution is -2.54. The number of hydrogen-bond acceptors (Lipinski definition) is 3. The van der Waals surface area contributed by atoms with Crippen LogP contribution in [0.3, 0.4) is 0 Å². The van der Waals surface area contributed by atoms with Gasteiger partial charge in [-0.25, -0.2) is 0 Å². The van der Waals surface area contributed by atoms with Crippen LogP contribution >= 0.6 is 0 Å². The van der Waals surface area contributed by atoms with Crippen molar-refractivity contribution >= 4 is 5.97 Å². The first-order valence-corrected chi connectivity index (χ1v) is 6.45. The summed E-state index contributed by atoms with van der Waals surface area (Å²) >= 11 is 0. The molecule has 92 valence electrons. The van der Waals surface area contributed by atoms with Crippen LogP contribution in [0.25, 0.3) is 0 Å². The standard InChI is InChI=1S/C12H22N2O2/c15-12(16)8-10-9-14(7-6-13-10)11-4-2-1-3-5-11/h10-11,13H,1-9H2,(H,15,16). The number of rotatable bonds is 3. The van der Waals surface area contributed by atoms with Gasteiger partial charge >= 0.3 is 5.97 Å². The minimum atomic E-state index is -0.692. The lowest BCUT2D eigenvalue weighted by molar-refractivity contribution is -0.137. The molecule has 0 aromatic heterocycles. The molecule has 0 aromatic carbocycles. The van der Waals surface area contributed by atoms with Gasteiger partial charge in [0.1, 0.15) is 0 Å². The fourth-order valence-corrected chi connectivity index (χ4v) is 2.98. The lowest BCUT2D eigenvalue weighted by atomic mass is 9.93. The van der Waals surface area contributed by atoms with Crippen LogP contribution in [0.2, 0.25) is 0 Å². The van der Waals surface area contributed by atoms with E-state index in [1.54, 1.807) is 0 Å². The fraction of sp³-hybridized carbons (Fsp3) is 0.917. The zero-order valence-corrected chi connectivity index (χ0v) is 9.82. The van der Waals surface area contributed by atoms with Gasteiger partial charge in [0, 0.05) is 31.7 Å². The molecule has 0 radical (unpaired) electrons. The summed E-state index contributed by atoms with van der Waals surface area (Å²) < 4.78 is 0. The van der Waals surface area contributed by atoms with Gasteiger partial charge in [0.05, 0.1) is 6.42 Å². The van der Waals surface area contributed by atoms with E-state index in [2.05, 4.69) is 10.2 Å². The normalized spacial score (nSPS) is 29.1. The van der Waals surface area contributed by atoms with Gasteiger partial charge in [0.25, 0.3) is 0 Å². The van der Waals surface area contributed by atoms with Crippen molar-refractivity contribution in [1.29, 1.82) is 0 Å². The van der Waals surface area contributed by atoms with Crippen molar-refractivity contribution in [3.8, 4) is 0 Å². The van der Waals surface area contributed by atoms with Gasteiger partial charge in [-0.2, -0.15) is 0 Å². The Morgan fingerprint density at radius 2 is 2.06 bits per heavy atom. The summed E-state index contributed by atoms with van der Waals surface area (Å²) in [4.78, 5) is 13.2. The van der Waals surface area contributed by atoms with Gasteiger partial charge in [-0.15, -0.1) is 0 Å². The number of carbonyl (C=O) groups is 1. The number of carboxylic acids is 1. The molecule has 1 unspecified atom stereocenters. The highest BCUT2D eigenvalue weighted by Gasteiger charge is 2.27. The molecule has 1 atom stereocenters. The second kappa shape index (κ2) is 5.64. The van der Waals surface area contributed by atoms with E-state index in [1.165, 1.54) is 32.1 Å². The van der Waals surface area contributed by atoms with Crippen molar-refractivity contribution in [2.45, 2.75) is 50.6 Å². The Hall–Kier alpha value is -0.610. The zero-order valence-electron chi connectivity index (χ0n) is 9.82. The van der Waals surface area contributed by atoms with E-state index in [0.717, 1.165) is 19.6 Å². The van der Waals surface area contributed by atoms with Crippen molar-refractivity contribution in [3.63, 3.8) is 0 Å². The van der Waals surface area contributed by atoms with Crippen LogP contribution in [0, 0.1) is 0 Å². The molecule has 0 amide bonds. The smallest absolute Gasteiger partial charge is 0.304 e. The highest BCUT2D eigenvalue weighted by Crippen LogP contribution is 2.23. The molecule has 1 heterocycles. The van der Waals surface area contributed by atoms with Crippen molar-refractivity contribution < 1.29 is 9.90 Å². The minimum absolute atomic E-state index is 0.146. The monoisotopic (exact) mass is 226 g/mol. The van der Waals surface area contributed by atoms with Gasteiger partial charge < -0.3 is 10.4 Å². The largest absolute Gasteiger partial charge is 0.481 e. The molecular formula is C12H22N2O2. The maximum absolute atomic E-state index is 10.7. The van der Waals surface area contributed by atoms with Crippen LogP contribution in [0.4, 0.5) is 0 Å². The number of piperazine rings is 1. The van der Waals surface area contributed by atoms with E-state index in [0.29, 0.717) is 6.04 Å². The molecule has 4 nitrogen and oxygen atoms in total. The Kier molecular flexibility index (Phi) is 4.18. The van der Waals surface area contributed by atoms with Crippen molar-refractivity contribution in [3.05, 3.63) is 0 Å². The molecule has 2 aliphatic rings. The Morgan fingerprint density at radius 1 is 1.31 bits per heavy atom. The average Bonchev–Trinajstić information content (AvgIpc) is 2.30.